The standard InChI is InChI=1S/C21H30N3O17P3/c1-21(2,3)18(13-6-4-5-7-14(13)24(28)29)37-10-12-9-23(20(27)22-19(12)26)17-8-15(25)16(39-17)11-38-43(33,34)41-44(35,36)40-42(30,31)32/h4-7,9,15-18,25H,8,10-11H2,1-3H3,(H,33,34)(H,35,36)(H,22,26,27)(H2,30,31,32)/t15-,16-,17-,18+/m1/s1. The Morgan fingerprint density at radius 3 is 2.34 bits per heavy atom. The van der Waals surface area contributed by atoms with Gasteiger partial charge in [-0.25, -0.2) is 18.5 Å². The van der Waals surface area contributed by atoms with Crippen LogP contribution in [0.15, 0.2) is 40.1 Å². The molecule has 44 heavy (non-hydrogen) atoms. The molecule has 2 heterocycles. The molecule has 0 radical (unpaired) electrons. The first-order valence-electron chi connectivity index (χ1n) is 12.4. The quantitative estimate of drug-likeness (QED) is 0.0991. The number of para-hydroxylation sites is 1. The molecule has 23 heteroatoms. The molecule has 0 saturated carbocycles. The summed E-state index contributed by atoms with van der Waals surface area (Å²) in [5.41, 5.74) is -2.49. The summed E-state index contributed by atoms with van der Waals surface area (Å²) in [5.74, 6) is 0. The van der Waals surface area contributed by atoms with Crippen LogP contribution in [0.25, 0.3) is 0 Å². The molecule has 1 aliphatic rings. The first-order valence-corrected chi connectivity index (χ1v) is 16.9. The number of aliphatic hydroxyl groups is 1. The van der Waals surface area contributed by atoms with Crippen molar-refractivity contribution in [2.24, 2.45) is 5.41 Å². The molecule has 1 aliphatic heterocycles. The van der Waals surface area contributed by atoms with Gasteiger partial charge < -0.3 is 34.2 Å². The number of aliphatic hydroxyl groups excluding tert-OH is 1. The van der Waals surface area contributed by atoms with Crippen molar-refractivity contribution >= 4 is 29.2 Å². The number of nitro benzene ring substituents is 1. The molecule has 2 aromatic rings. The number of benzene rings is 1. The van der Waals surface area contributed by atoms with Crippen LogP contribution >= 0.6 is 23.5 Å². The molecule has 0 bridgehead atoms. The second-order valence-electron chi connectivity index (χ2n) is 10.5. The number of hydrogen-bond donors (Lipinski definition) is 6. The number of nitrogens with zero attached hydrogens (tertiary/aromatic N) is 2. The van der Waals surface area contributed by atoms with Gasteiger partial charge in [-0.1, -0.05) is 32.9 Å². The highest BCUT2D eigenvalue weighted by Crippen LogP contribution is 2.66. The molecule has 0 aliphatic carbocycles. The van der Waals surface area contributed by atoms with Gasteiger partial charge in [0.05, 0.1) is 41.5 Å². The Morgan fingerprint density at radius 1 is 1.11 bits per heavy atom. The zero-order chi connectivity index (χ0) is 33.3. The Morgan fingerprint density at radius 2 is 1.75 bits per heavy atom. The molecule has 1 aromatic carbocycles. The van der Waals surface area contributed by atoms with Gasteiger partial charge in [0.25, 0.3) is 11.2 Å². The summed E-state index contributed by atoms with van der Waals surface area (Å²) in [4.78, 5) is 74.3. The van der Waals surface area contributed by atoms with Gasteiger partial charge in [-0.2, -0.15) is 8.62 Å². The van der Waals surface area contributed by atoms with Crippen LogP contribution in [0.1, 0.15) is 50.7 Å². The van der Waals surface area contributed by atoms with Gasteiger partial charge in [-0.3, -0.25) is 29.0 Å². The molecule has 0 amide bonds. The van der Waals surface area contributed by atoms with Gasteiger partial charge in [0, 0.05) is 18.7 Å². The average molecular weight is 689 g/mol. The molecule has 246 valence electrons. The Hall–Kier alpha value is -2.41. The van der Waals surface area contributed by atoms with E-state index in [-0.39, 0.29) is 23.2 Å². The van der Waals surface area contributed by atoms with Crippen LogP contribution in [0.3, 0.4) is 0 Å². The fraction of sp³-hybridized carbons (Fsp3) is 0.524. The van der Waals surface area contributed by atoms with Crippen molar-refractivity contribution in [3.8, 4) is 0 Å². The van der Waals surface area contributed by atoms with E-state index in [0.29, 0.717) is 0 Å². The van der Waals surface area contributed by atoms with Crippen molar-refractivity contribution in [2.45, 2.75) is 58.3 Å². The molecular formula is C21H30N3O17P3. The molecular weight excluding hydrogens is 659 g/mol. The van der Waals surface area contributed by atoms with E-state index in [4.69, 9.17) is 19.3 Å². The van der Waals surface area contributed by atoms with Crippen LogP contribution in [0.5, 0.6) is 0 Å². The van der Waals surface area contributed by atoms with Crippen molar-refractivity contribution in [2.75, 3.05) is 6.61 Å². The highest BCUT2D eigenvalue weighted by atomic mass is 31.3. The third-order valence-corrected chi connectivity index (χ3v) is 9.78. The lowest BCUT2D eigenvalue weighted by Crippen LogP contribution is -2.35. The fourth-order valence-corrected chi connectivity index (χ4v) is 7.24. The highest BCUT2D eigenvalue weighted by Gasteiger charge is 2.43. The van der Waals surface area contributed by atoms with Gasteiger partial charge in [-0.15, -0.1) is 0 Å². The largest absolute Gasteiger partial charge is 0.490 e. The molecule has 6 N–H and O–H groups in total. The number of aromatic amines is 1. The van der Waals surface area contributed by atoms with E-state index in [0.717, 1.165) is 10.8 Å². The summed E-state index contributed by atoms with van der Waals surface area (Å²) in [6.45, 7) is 3.94. The molecule has 6 atom stereocenters. The maximum atomic E-state index is 12.6. The number of hydrogen-bond acceptors (Lipinski definition) is 13. The second-order valence-corrected chi connectivity index (χ2v) is 14.9. The average Bonchev–Trinajstić information content (AvgIpc) is 3.21. The SMILES string of the molecule is CC(C)(C)[C@@H](OCc1cn([C@H]2C[C@@H](O)[C@@H](COP(=O)(O)OP(=O)(O)OP(=O)(O)O)O2)c(=O)[nH]c1=O)c1ccccc1[N+](=O)[O-]. The zero-order valence-corrected chi connectivity index (χ0v) is 25.9. The van der Waals surface area contributed by atoms with Gasteiger partial charge in [-0.05, 0) is 11.5 Å². The minimum Gasteiger partial charge on any atom is -0.390 e. The van der Waals surface area contributed by atoms with Crippen molar-refractivity contribution < 1.29 is 65.9 Å². The number of phosphoric ester groups is 1. The normalized spacial score (nSPS) is 22.7. The molecule has 3 rings (SSSR count). The van der Waals surface area contributed by atoms with E-state index in [1.54, 1.807) is 26.8 Å². The Labute approximate surface area is 247 Å². The van der Waals surface area contributed by atoms with Crippen molar-refractivity contribution in [3.05, 3.63) is 72.5 Å². The predicted octanol–water partition coefficient (Wildman–Crippen LogP) is 1.74. The minimum atomic E-state index is -5.77. The summed E-state index contributed by atoms with van der Waals surface area (Å²) in [6, 6.07) is 5.93. The van der Waals surface area contributed by atoms with E-state index >= 15 is 0 Å². The molecule has 1 aromatic heterocycles. The summed E-state index contributed by atoms with van der Waals surface area (Å²) < 4.78 is 58.3. The number of H-pyrrole nitrogens is 1. The highest BCUT2D eigenvalue weighted by molar-refractivity contribution is 7.66. The first kappa shape index (κ1) is 36.1. The van der Waals surface area contributed by atoms with E-state index in [2.05, 4.69) is 18.1 Å². The van der Waals surface area contributed by atoms with E-state index < -0.39 is 82.8 Å². The minimum absolute atomic E-state index is 0.0905. The lowest BCUT2D eigenvalue weighted by Gasteiger charge is -2.30. The number of nitro groups is 1. The van der Waals surface area contributed by atoms with Gasteiger partial charge in [0.15, 0.2) is 0 Å². The van der Waals surface area contributed by atoms with E-state index in [1.807, 2.05) is 0 Å². The Kier molecular flexibility index (Phi) is 11.1. The number of aromatic nitrogens is 2. The maximum Gasteiger partial charge on any atom is 0.490 e. The lowest BCUT2D eigenvalue weighted by molar-refractivity contribution is -0.386. The van der Waals surface area contributed by atoms with Crippen LogP contribution in [0.2, 0.25) is 0 Å². The number of ether oxygens (including phenoxy) is 2. The third-order valence-electron chi connectivity index (χ3n) is 5.98. The smallest absolute Gasteiger partial charge is 0.390 e. The van der Waals surface area contributed by atoms with Crippen LogP contribution in [0, 0.1) is 15.5 Å². The van der Waals surface area contributed by atoms with Crippen molar-refractivity contribution in [1.29, 1.82) is 0 Å². The molecule has 1 fully saturated rings. The lowest BCUT2D eigenvalue weighted by atomic mass is 9.84. The maximum absolute atomic E-state index is 12.6. The van der Waals surface area contributed by atoms with Crippen molar-refractivity contribution in [3.63, 3.8) is 0 Å². The fourth-order valence-electron chi connectivity index (χ4n) is 4.21. The Balaban J connectivity index is 1.75. The van der Waals surface area contributed by atoms with Gasteiger partial charge >= 0.3 is 29.2 Å². The van der Waals surface area contributed by atoms with Crippen LogP contribution in [-0.4, -0.2) is 58.0 Å². The molecule has 0 spiro atoms. The zero-order valence-electron chi connectivity index (χ0n) is 23.2. The van der Waals surface area contributed by atoms with Crippen molar-refractivity contribution in [1.82, 2.24) is 9.55 Å². The van der Waals surface area contributed by atoms with E-state index in [9.17, 15) is 48.3 Å². The van der Waals surface area contributed by atoms with Crippen LogP contribution in [-0.2, 0) is 42.9 Å². The molecule has 20 nitrogen and oxygen atoms in total. The second kappa shape index (κ2) is 13.5. The number of rotatable bonds is 13. The molecule has 1 saturated heterocycles. The summed E-state index contributed by atoms with van der Waals surface area (Å²) in [5, 5.41) is 22.0. The van der Waals surface area contributed by atoms with E-state index in [1.165, 1.54) is 18.2 Å². The first-order chi connectivity index (χ1) is 20.1. The van der Waals surface area contributed by atoms with Crippen LogP contribution in [0.4, 0.5) is 5.69 Å². The predicted molar refractivity (Wildman–Crippen MR) is 146 cm³/mol. The topological polar surface area (TPSA) is 297 Å². The summed E-state index contributed by atoms with van der Waals surface area (Å²) in [7, 11) is -16.9. The Bertz CT molecular complexity index is 1630. The third kappa shape index (κ3) is 9.79. The summed E-state index contributed by atoms with van der Waals surface area (Å²) >= 11 is 0. The number of phosphoric acid groups is 3. The molecule has 2 unspecified atom stereocenters. The van der Waals surface area contributed by atoms with Gasteiger partial charge in [0.2, 0.25) is 0 Å². The van der Waals surface area contributed by atoms with Gasteiger partial charge in [0.1, 0.15) is 12.3 Å². The van der Waals surface area contributed by atoms with Crippen LogP contribution < -0.4 is 11.2 Å². The number of nitrogens with one attached hydrogen (secondary N) is 1. The summed E-state index contributed by atoms with van der Waals surface area (Å²) in [6.07, 6.45) is -4.24. The monoisotopic (exact) mass is 689 g/mol.